The second kappa shape index (κ2) is 33.7. The van der Waals surface area contributed by atoms with E-state index in [1.54, 1.807) is 0 Å². The van der Waals surface area contributed by atoms with Crippen LogP contribution in [0.5, 0.6) is 0 Å². The normalized spacial score (nSPS) is 17.1. The number of nitrogens with one attached hydrogen (secondary N) is 1. The zero-order valence-electron chi connectivity index (χ0n) is 35.6. The van der Waals surface area contributed by atoms with Gasteiger partial charge in [-0.2, -0.15) is 0 Å². The second-order valence-electron chi connectivity index (χ2n) is 16.7. The van der Waals surface area contributed by atoms with Crippen molar-refractivity contribution in [3.05, 3.63) is 24.3 Å². The standard InChI is InChI=1S/C47H88N4O2/c1-4-6-8-10-12-14-16-18-20-22-24-26-32-36-45(47(53)48-44-34-30-28-29-31-35-44)51(43-42-50-40-38-49(3)39-41-50)46(52)37-33-27-25-23-21-19-17-15-13-11-9-7-5-2/h10,12,15,17,44-45H,4-9,11,13-14,16,18-43H2,1-3H3,(H,48,53)/b12-10-,17-15-. The largest absolute Gasteiger partial charge is 0.352 e. The van der Waals surface area contributed by atoms with Crippen molar-refractivity contribution in [3.8, 4) is 0 Å². The van der Waals surface area contributed by atoms with Gasteiger partial charge in [0.2, 0.25) is 11.8 Å². The molecule has 2 fully saturated rings. The lowest BCUT2D eigenvalue weighted by Gasteiger charge is -2.36. The van der Waals surface area contributed by atoms with Gasteiger partial charge in [-0.3, -0.25) is 14.5 Å². The molecule has 2 rings (SSSR count). The van der Waals surface area contributed by atoms with E-state index in [1.165, 1.54) is 141 Å². The molecule has 308 valence electrons. The third-order valence-corrected chi connectivity index (χ3v) is 11.8. The number of amides is 2. The Morgan fingerprint density at radius 3 is 1.68 bits per heavy atom. The van der Waals surface area contributed by atoms with Crippen LogP contribution in [0.1, 0.15) is 206 Å². The Labute approximate surface area is 329 Å². The molecule has 1 heterocycles. The van der Waals surface area contributed by atoms with Gasteiger partial charge in [0.25, 0.3) is 0 Å². The van der Waals surface area contributed by atoms with Gasteiger partial charge >= 0.3 is 0 Å². The molecule has 1 aliphatic heterocycles. The summed E-state index contributed by atoms with van der Waals surface area (Å²) >= 11 is 0. The molecule has 6 heteroatoms. The number of allylic oxidation sites excluding steroid dienone is 4. The Kier molecular flexibility index (Phi) is 30.2. The summed E-state index contributed by atoms with van der Waals surface area (Å²) in [5, 5.41) is 3.49. The monoisotopic (exact) mass is 741 g/mol. The van der Waals surface area contributed by atoms with E-state index in [4.69, 9.17) is 0 Å². The van der Waals surface area contributed by atoms with Gasteiger partial charge in [0.1, 0.15) is 6.04 Å². The molecule has 53 heavy (non-hydrogen) atoms. The molecule has 0 radical (unpaired) electrons. The van der Waals surface area contributed by atoms with Crippen LogP contribution in [-0.4, -0.2) is 84.9 Å². The number of nitrogens with zero attached hydrogens (tertiary/aromatic N) is 3. The summed E-state index contributed by atoms with van der Waals surface area (Å²) in [6, 6.07) is -0.0778. The Balaban J connectivity index is 1.90. The minimum Gasteiger partial charge on any atom is -0.352 e. The summed E-state index contributed by atoms with van der Waals surface area (Å²) in [4.78, 5) is 35.2. The lowest BCUT2D eigenvalue weighted by atomic mass is 10.0. The predicted molar refractivity (Wildman–Crippen MR) is 230 cm³/mol. The molecule has 1 saturated heterocycles. The molecule has 1 aliphatic carbocycles. The Morgan fingerprint density at radius 1 is 0.623 bits per heavy atom. The molecular formula is C47H88N4O2. The molecule has 6 nitrogen and oxygen atoms in total. The van der Waals surface area contributed by atoms with Crippen LogP contribution in [0.15, 0.2) is 24.3 Å². The highest BCUT2D eigenvalue weighted by Gasteiger charge is 2.31. The molecular weight excluding hydrogens is 653 g/mol. The van der Waals surface area contributed by atoms with E-state index in [1.807, 2.05) is 4.90 Å². The number of hydrogen-bond donors (Lipinski definition) is 1. The van der Waals surface area contributed by atoms with Crippen molar-refractivity contribution in [1.29, 1.82) is 0 Å². The molecule has 1 atom stereocenters. The van der Waals surface area contributed by atoms with Crippen LogP contribution < -0.4 is 5.32 Å². The fraction of sp³-hybridized carbons (Fsp3) is 0.872. The van der Waals surface area contributed by atoms with Crippen molar-refractivity contribution >= 4 is 11.8 Å². The van der Waals surface area contributed by atoms with E-state index >= 15 is 0 Å². The minimum absolute atomic E-state index is 0.119. The van der Waals surface area contributed by atoms with Crippen molar-refractivity contribution in [2.75, 3.05) is 46.3 Å². The lowest BCUT2D eigenvalue weighted by Crippen LogP contribution is -2.54. The number of carbonyl (C=O) groups is 2. The molecule has 0 aromatic heterocycles. The molecule has 2 aliphatic rings. The van der Waals surface area contributed by atoms with Crippen LogP contribution >= 0.6 is 0 Å². The van der Waals surface area contributed by atoms with Crippen molar-refractivity contribution in [1.82, 2.24) is 20.0 Å². The van der Waals surface area contributed by atoms with Gasteiger partial charge in [-0.1, -0.05) is 154 Å². The first-order valence-corrected chi connectivity index (χ1v) is 23.4. The van der Waals surface area contributed by atoms with Crippen molar-refractivity contribution in [2.45, 2.75) is 219 Å². The molecule has 0 spiro atoms. The molecule has 1 unspecified atom stereocenters. The maximum absolute atomic E-state index is 14.2. The molecule has 0 aromatic rings. The van der Waals surface area contributed by atoms with E-state index in [2.05, 4.69) is 60.3 Å². The van der Waals surface area contributed by atoms with E-state index in [-0.39, 0.29) is 23.9 Å². The van der Waals surface area contributed by atoms with Crippen molar-refractivity contribution in [2.24, 2.45) is 0 Å². The number of rotatable bonds is 32. The van der Waals surface area contributed by atoms with Crippen LogP contribution in [0.3, 0.4) is 0 Å². The van der Waals surface area contributed by atoms with E-state index in [0.717, 1.165) is 77.7 Å². The van der Waals surface area contributed by atoms with Gasteiger partial charge in [-0.05, 0) is 77.7 Å². The number of unbranched alkanes of at least 4 members (excludes halogenated alkanes) is 18. The SMILES string of the molecule is CCCC/C=C\CCCCCCCCCC(C(=O)NC1CCCCCC1)N(CCN1CCN(C)CC1)C(=O)CCCCCCC/C=C\CCCCCC. The van der Waals surface area contributed by atoms with Crippen LogP contribution in [0.4, 0.5) is 0 Å². The Bertz CT molecular complexity index is 920. The van der Waals surface area contributed by atoms with Crippen LogP contribution in [0.2, 0.25) is 0 Å². The highest BCUT2D eigenvalue weighted by atomic mass is 16.2. The first-order valence-electron chi connectivity index (χ1n) is 23.4. The molecule has 0 aromatic carbocycles. The molecule has 1 N–H and O–H groups in total. The summed E-state index contributed by atoms with van der Waals surface area (Å²) in [5.74, 6) is 0.323. The van der Waals surface area contributed by atoms with Crippen LogP contribution in [0, 0.1) is 0 Å². The topological polar surface area (TPSA) is 55.9 Å². The first-order chi connectivity index (χ1) is 26.0. The van der Waals surface area contributed by atoms with Gasteiger partial charge in [0, 0.05) is 51.7 Å². The lowest BCUT2D eigenvalue weighted by molar-refractivity contribution is -0.141. The summed E-state index contributed by atoms with van der Waals surface area (Å²) < 4.78 is 0. The first kappa shape index (κ1) is 47.5. The number of carbonyl (C=O) groups excluding carboxylic acids is 2. The molecule has 0 bridgehead atoms. The maximum Gasteiger partial charge on any atom is 0.243 e. The van der Waals surface area contributed by atoms with E-state index < -0.39 is 0 Å². The van der Waals surface area contributed by atoms with Gasteiger partial charge in [0.15, 0.2) is 0 Å². The number of hydrogen-bond acceptors (Lipinski definition) is 4. The average Bonchev–Trinajstić information content (AvgIpc) is 3.43. The summed E-state index contributed by atoms with van der Waals surface area (Å²) in [6.45, 7) is 10.3. The van der Waals surface area contributed by atoms with Gasteiger partial charge in [-0.25, -0.2) is 0 Å². The van der Waals surface area contributed by atoms with Crippen molar-refractivity contribution < 1.29 is 9.59 Å². The molecule has 1 saturated carbocycles. The van der Waals surface area contributed by atoms with Crippen molar-refractivity contribution in [3.63, 3.8) is 0 Å². The maximum atomic E-state index is 14.2. The van der Waals surface area contributed by atoms with E-state index in [0.29, 0.717) is 13.0 Å². The third kappa shape index (κ3) is 25.2. The summed E-state index contributed by atoms with van der Waals surface area (Å²) in [5.41, 5.74) is 0. The van der Waals surface area contributed by atoms with Gasteiger partial charge in [0.05, 0.1) is 0 Å². The highest BCUT2D eigenvalue weighted by molar-refractivity contribution is 5.87. The quantitative estimate of drug-likeness (QED) is 0.0424. The summed E-state index contributed by atoms with van der Waals surface area (Å²) in [6.07, 6.45) is 45.1. The smallest absolute Gasteiger partial charge is 0.243 e. The zero-order chi connectivity index (χ0) is 38.0. The minimum atomic E-state index is -0.341. The zero-order valence-corrected chi connectivity index (χ0v) is 35.6. The fourth-order valence-corrected chi connectivity index (χ4v) is 8.10. The fourth-order valence-electron chi connectivity index (χ4n) is 8.10. The summed E-state index contributed by atoms with van der Waals surface area (Å²) in [7, 11) is 2.19. The van der Waals surface area contributed by atoms with E-state index in [9.17, 15) is 9.59 Å². The number of likely N-dealkylation sites (N-methyl/N-ethyl adjacent to an activating group) is 1. The highest BCUT2D eigenvalue weighted by Crippen LogP contribution is 2.21. The predicted octanol–water partition coefficient (Wildman–Crippen LogP) is 11.8. The van der Waals surface area contributed by atoms with Crippen LogP contribution in [-0.2, 0) is 9.59 Å². The van der Waals surface area contributed by atoms with Gasteiger partial charge < -0.3 is 15.1 Å². The van der Waals surface area contributed by atoms with Gasteiger partial charge in [-0.15, -0.1) is 0 Å². The Morgan fingerprint density at radius 2 is 1.11 bits per heavy atom. The third-order valence-electron chi connectivity index (χ3n) is 11.8. The van der Waals surface area contributed by atoms with Crippen LogP contribution in [0.25, 0.3) is 0 Å². The Hall–Kier alpha value is -1.66. The average molecular weight is 741 g/mol. The number of piperazine rings is 1. The second-order valence-corrected chi connectivity index (χ2v) is 16.7. The molecule has 2 amide bonds.